The minimum Gasteiger partial charge on any atom is -0.466 e. The molecule has 16 heavy (non-hydrogen) atoms. The van der Waals surface area contributed by atoms with Crippen LogP contribution >= 0.6 is 11.8 Å². The van der Waals surface area contributed by atoms with E-state index in [2.05, 4.69) is 19.2 Å². The lowest BCUT2D eigenvalue weighted by molar-refractivity contribution is -0.143. The van der Waals surface area contributed by atoms with Crippen LogP contribution in [0.4, 0.5) is 0 Å². The van der Waals surface area contributed by atoms with Gasteiger partial charge in [-0.05, 0) is 24.5 Å². The van der Waals surface area contributed by atoms with E-state index in [4.69, 9.17) is 4.74 Å². The molecular weight excluding hydrogens is 222 g/mol. The Bertz CT molecular complexity index is 231. The second-order valence-corrected chi connectivity index (χ2v) is 6.03. The molecule has 3 nitrogen and oxygen atoms in total. The summed E-state index contributed by atoms with van der Waals surface area (Å²) in [6.07, 6.45) is 1.72. The van der Waals surface area contributed by atoms with Gasteiger partial charge in [0.05, 0.1) is 13.0 Å². The van der Waals surface area contributed by atoms with Crippen LogP contribution in [-0.4, -0.2) is 36.7 Å². The summed E-state index contributed by atoms with van der Waals surface area (Å²) in [7, 11) is 0. The molecule has 1 atom stereocenters. The van der Waals surface area contributed by atoms with Gasteiger partial charge in [0.2, 0.25) is 0 Å². The summed E-state index contributed by atoms with van der Waals surface area (Å²) in [4.78, 5) is 11.2. The molecule has 1 unspecified atom stereocenters. The standard InChI is InChI=1S/C12H23NO2S/c1-4-15-11(14)5-7-13-10-9-16-8-6-12(10,2)3/h10,13H,4-9H2,1-3H3. The Morgan fingerprint density at radius 3 is 2.94 bits per heavy atom. The van der Waals surface area contributed by atoms with Gasteiger partial charge in [0, 0.05) is 18.3 Å². The van der Waals surface area contributed by atoms with Crippen molar-refractivity contribution < 1.29 is 9.53 Å². The summed E-state index contributed by atoms with van der Waals surface area (Å²) < 4.78 is 4.90. The number of hydrogen-bond donors (Lipinski definition) is 1. The summed E-state index contributed by atoms with van der Waals surface area (Å²) in [6, 6.07) is 0.515. The highest BCUT2D eigenvalue weighted by atomic mass is 32.2. The topological polar surface area (TPSA) is 38.3 Å². The molecule has 1 fully saturated rings. The van der Waals surface area contributed by atoms with Crippen molar-refractivity contribution in [2.45, 2.75) is 39.7 Å². The van der Waals surface area contributed by atoms with E-state index >= 15 is 0 Å². The van der Waals surface area contributed by atoms with E-state index in [1.54, 1.807) is 0 Å². The molecule has 4 heteroatoms. The summed E-state index contributed by atoms with van der Waals surface area (Å²) in [6.45, 7) is 7.65. The average Bonchev–Trinajstić information content (AvgIpc) is 2.21. The number of ether oxygens (including phenoxy) is 1. The van der Waals surface area contributed by atoms with Crippen LogP contribution in [0.5, 0.6) is 0 Å². The highest BCUT2D eigenvalue weighted by Gasteiger charge is 2.31. The third-order valence-electron chi connectivity index (χ3n) is 3.14. The van der Waals surface area contributed by atoms with E-state index < -0.39 is 0 Å². The predicted octanol–water partition coefficient (Wildman–Crippen LogP) is 2.06. The zero-order chi connectivity index (χ0) is 12.0. The van der Waals surface area contributed by atoms with Crippen LogP contribution in [0.2, 0.25) is 0 Å². The molecule has 0 aromatic heterocycles. The minimum atomic E-state index is -0.101. The molecule has 0 saturated carbocycles. The smallest absolute Gasteiger partial charge is 0.307 e. The molecule has 1 aliphatic rings. The maximum Gasteiger partial charge on any atom is 0.307 e. The van der Waals surface area contributed by atoms with Crippen LogP contribution in [-0.2, 0) is 9.53 Å². The monoisotopic (exact) mass is 245 g/mol. The molecule has 1 N–H and O–H groups in total. The van der Waals surface area contributed by atoms with Crippen molar-refractivity contribution in [3.8, 4) is 0 Å². The lowest BCUT2D eigenvalue weighted by Crippen LogP contribution is -2.47. The number of carbonyl (C=O) groups is 1. The Balaban J connectivity index is 2.23. The fourth-order valence-corrected chi connectivity index (χ4v) is 3.49. The fourth-order valence-electron chi connectivity index (χ4n) is 1.85. The Kier molecular flexibility index (Phi) is 5.62. The van der Waals surface area contributed by atoms with Crippen molar-refractivity contribution in [2.75, 3.05) is 24.7 Å². The molecule has 0 aliphatic carbocycles. The minimum absolute atomic E-state index is 0.101. The van der Waals surface area contributed by atoms with E-state index in [-0.39, 0.29) is 5.97 Å². The molecule has 1 aliphatic heterocycles. The molecule has 0 spiro atoms. The molecule has 0 aromatic carbocycles. The number of esters is 1. The van der Waals surface area contributed by atoms with Gasteiger partial charge in [0.25, 0.3) is 0 Å². The maximum absolute atomic E-state index is 11.2. The number of carbonyl (C=O) groups excluding carboxylic acids is 1. The van der Waals surface area contributed by atoms with Gasteiger partial charge >= 0.3 is 5.97 Å². The van der Waals surface area contributed by atoms with Crippen LogP contribution in [0.15, 0.2) is 0 Å². The van der Waals surface area contributed by atoms with Crippen molar-refractivity contribution >= 4 is 17.7 Å². The Hall–Kier alpha value is -0.220. The van der Waals surface area contributed by atoms with Gasteiger partial charge in [-0.25, -0.2) is 0 Å². The Labute approximate surface area is 103 Å². The van der Waals surface area contributed by atoms with Crippen LogP contribution in [0, 0.1) is 5.41 Å². The first kappa shape index (κ1) is 13.8. The highest BCUT2D eigenvalue weighted by Crippen LogP contribution is 2.33. The van der Waals surface area contributed by atoms with Crippen LogP contribution in [0.1, 0.15) is 33.6 Å². The van der Waals surface area contributed by atoms with Gasteiger partial charge in [0.15, 0.2) is 0 Å². The van der Waals surface area contributed by atoms with Crippen LogP contribution in [0.25, 0.3) is 0 Å². The lowest BCUT2D eigenvalue weighted by atomic mass is 9.82. The summed E-state index contributed by atoms with van der Waals surface area (Å²) in [5, 5.41) is 3.48. The molecule has 0 amide bonds. The average molecular weight is 245 g/mol. The molecule has 1 rings (SSSR count). The normalized spacial score (nSPS) is 24.1. The lowest BCUT2D eigenvalue weighted by Gasteiger charge is -2.38. The molecule has 1 heterocycles. The van der Waals surface area contributed by atoms with Crippen molar-refractivity contribution in [3.05, 3.63) is 0 Å². The van der Waals surface area contributed by atoms with E-state index in [1.165, 1.54) is 12.2 Å². The van der Waals surface area contributed by atoms with Gasteiger partial charge in [-0.2, -0.15) is 11.8 Å². The first-order valence-corrected chi connectivity index (χ1v) is 7.18. The van der Waals surface area contributed by atoms with E-state index in [0.717, 1.165) is 12.3 Å². The zero-order valence-corrected chi connectivity index (χ0v) is 11.4. The fraction of sp³-hybridized carbons (Fsp3) is 0.917. The molecule has 1 saturated heterocycles. The van der Waals surface area contributed by atoms with Gasteiger partial charge in [-0.15, -0.1) is 0 Å². The van der Waals surface area contributed by atoms with Gasteiger partial charge in [-0.3, -0.25) is 4.79 Å². The Morgan fingerprint density at radius 2 is 2.31 bits per heavy atom. The van der Waals surface area contributed by atoms with Crippen molar-refractivity contribution in [3.63, 3.8) is 0 Å². The van der Waals surface area contributed by atoms with Crippen molar-refractivity contribution in [1.82, 2.24) is 5.32 Å². The number of rotatable bonds is 5. The second kappa shape index (κ2) is 6.50. The first-order chi connectivity index (χ1) is 7.56. The maximum atomic E-state index is 11.2. The highest BCUT2D eigenvalue weighted by molar-refractivity contribution is 7.99. The first-order valence-electron chi connectivity index (χ1n) is 6.03. The summed E-state index contributed by atoms with van der Waals surface area (Å²) >= 11 is 2.00. The van der Waals surface area contributed by atoms with E-state index in [9.17, 15) is 4.79 Å². The predicted molar refractivity (Wildman–Crippen MR) is 68.8 cm³/mol. The quantitative estimate of drug-likeness (QED) is 0.753. The van der Waals surface area contributed by atoms with Crippen molar-refractivity contribution in [2.24, 2.45) is 5.41 Å². The molecule has 94 valence electrons. The molecule has 0 radical (unpaired) electrons. The third-order valence-corrected chi connectivity index (χ3v) is 4.21. The number of thioether (sulfide) groups is 1. The van der Waals surface area contributed by atoms with Gasteiger partial charge in [0.1, 0.15) is 0 Å². The third kappa shape index (κ3) is 4.34. The Morgan fingerprint density at radius 1 is 1.56 bits per heavy atom. The zero-order valence-electron chi connectivity index (χ0n) is 10.5. The molecule has 0 bridgehead atoms. The van der Waals surface area contributed by atoms with Gasteiger partial charge in [-0.1, -0.05) is 13.8 Å². The van der Waals surface area contributed by atoms with Gasteiger partial charge < -0.3 is 10.1 Å². The van der Waals surface area contributed by atoms with Crippen molar-refractivity contribution in [1.29, 1.82) is 0 Å². The summed E-state index contributed by atoms with van der Waals surface area (Å²) in [5.74, 6) is 2.30. The van der Waals surface area contributed by atoms with E-state index in [1.807, 2.05) is 18.7 Å². The van der Waals surface area contributed by atoms with E-state index in [0.29, 0.717) is 24.5 Å². The SMILES string of the molecule is CCOC(=O)CCNC1CSCCC1(C)C. The summed E-state index contributed by atoms with van der Waals surface area (Å²) in [5.41, 5.74) is 0.347. The van der Waals surface area contributed by atoms with Crippen LogP contribution < -0.4 is 5.32 Å². The largest absolute Gasteiger partial charge is 0.466 e. The number of hydrogen-bond acceptors (Lipinski definition) is 4. The molecular formula is C12H23NO2S. The second-order valence-electron chi connectivity index (χ2n) is 4.88. The molecule has 0 aromatic rings. The number of nitrogens with one attached hydrogen (secondary N) is 1. The van der Waals surface area contributed by atoms with Crippen LogP contribution in [0.3, 0.4) is 0 Å².